The van der Waals surface area contributed by atoms with E-state index in [4.69, 9.17) is 21.1 Å². The second-order valence-electron chi connectivity index (χ2n) is 11.8. The Balaban J connectivity index is 1.78. The number of Topliss-reactive ketones (excluding diaryl/α,β-unsaturated/α-hetero) is 1. The third kappa shape index (κ3) is 3.82. The number of esters is 2. The third-order valence-electron chi connectivity index (χ3n) is 9.55. The molecule has 0 heterocycles. The number of ether oxygens (including phenoxy) is 2. The number of fused-ring (bicyclic) bond motifs is 5. The van der Waals surface area contributed by atoms with Crippen LogP contribution in [-0.2, 0) is 28.7 Å². The molecule has 3 saturated carbocycles. The summed E-state index contributed by atoms with van der Waals surface area (Å²) in [6.45, 7) is 10.5. The zero-order chi connectivity index (χ0) is 25.9. The largest absolute Gasteiger partial charge is 0.458 e. The molecule has 0 aliphatic heterocycles. The molecule has 0 saturated heterocycles. The number of carbonyl (C=O) groups is 4. The Morgan fingerprint density at radius 1 is 1.23 bits per heavy atom. The molecule has 8 atom stereocenters. The van der Waals surface area contributed by atoms with Gasteiger partial charge in [0.1, 0.15) is 0 Å². The SMILES string of the molecule is CC(=O)OCC(=O)[C@@]1(OC(=O)C(C)C)[C@@H](C)C[C@H]2[C@@H]3CCC4=CC(=O)C=C[C@]4(C)[C@H]3[C@@H](Cl)C[C@@]21C. The summed E-state index contributed by atoms with van der Waals surface area (Å²) in [5.41, 5.74) is -1.29. The van der Waals surface area contributed by atoms with Crippen LogP contribution in [0.25, 0.3) is 0 Å². The molecule has 7 heteroatoms. The number of ketones is 2. The van der Waals surface area contributed by atoms with Gasteiger partial charge in [-0.1, -0.05) is 46.3 Å². The van der Waals surface area contributed by atoms with Gasteiger partial charge in [0.15, 0.2) is 18.0 Å². The van der Waals surface area contributed by atoms with E-state index in [1.165, 1.54) is 6.92 Å². The molecule has 3 fully saturated rings. The minimum Gasteiger partial charge on any atom is -0.458 e. The monoisotopic (exact) mass is 504 g/mol. The molecule has 4 rings (SSSR count). The van der Waals surface area contributed by atoms with Gasteiger partial charge in [-0.3, -0.25) is 19.2 Å². The first-order valence-electron chi connectivity index (χ1n) is 12.8. The zero-order valence-electron chi connectivity index (χ0n) is 21.6. The van der Waals surface area contributed by atoms with Crippen LogP contribution < -0.4 is 0 Å². The Hall–Kier alpha value is -1.95. The first-order valence-corrected chi connectivity index (χ1v) is 13.2. The fourth-order valence-corrected chi connectivity index (χ4v) is 8.76. The summed E-state index contributed by atoms with van der Waals surface area (Å²) in [7, 11) is 0. The Labute approximate surface area is 212 Å². The number of hydrogen-bond acceptors (Lipinski definition) is 6. The molecule has 0 bridgehead atoms. The highest BCUT2D eigenvalue weighted by Gasteiger charge is 2.72. The van der Waals surface area contributed by atoms with Crippen molar-refractivity contribution >= 4 is 35.1 Å². The summed E-state index contributed by atoms with van der Waals surface area (Å²) in [6.07, 6.45) is 8.33. The van der Waals surface area contributed by atoms with E-state index in [9.17, 15) is 19.2 Å². The second-order valence-corrected chi connectivity index (χ2v) is 12.4. The van der Waals surface area contributed by atoms with E-state index < -0.39 is 35.5 Å². The van der Waals surface area contributed by atoms with Crippen LogP contribution in [-0.4, -0.2) is 41.1 Å². The van der Waals surface area contributed by atoms with Crippen molar-refractivity contribution in [2.45, 2.75) is 78.2 Å². The van der Waals surface area contributed by atoms with Crippen molar-refractivity contribution in [3.8, 4) is 0 Å². The predicted molar refractivity (Wildman–Crippen MR) is 131 cm³/mol. The lowest BCUT2D eigenvalue weighted by molar-refractivity contribution is -0.199. The lowest BCUT2D eigenvalue weighted by Crippen LogP contribution is -2.63. The maximum absolute atomic E-state index is 13.8. The van der Waals surface area contributed by atoms with E-state index in [0.29, 0.717) is 6.42 Å². The molecule has 4 aliphatic carbocycles. The minimum absolute atomic E-state index is 0.0212. The van der Waals surface area contributed by atoms with Gasteiger partial charge in [0.05, 0.1) is 5.92 Å². The average molecular weight is 505 g/mol. The van der Waals surface area contributed by atoms with Gasteiger partial charge in [0.2, 0.25) is 5.78 Å². The number of carbonyl (C=O) groups excluding carboxylic acids is 4. The predicted octanol–water partition coefficient (Wildman–Crippen LogP) is 4.83. The third-order valence-corrected chi connectivity index (χ3v) is 9.98. The maximum Gasteiger partial charge on any atom is 0.309 e. The maximum atomic E-state index is 13.8. The number of alkyl halides is 1. The first kappa shape index (κ1) is 26.1. The summed E-state index contributed by atoms with van der Waals surface area (Å²) in [5, 5.41) is -0.281. The van der Waals surface area contributed by atoms with E-state index in [1.54, 1.807) is 26.0 Å². The Morgan fingerprint density at radius 2 is 1.91 bits per heavy atom. The quantitative estimate of drug-likeness (QED) is 0.394. The van der Waals surface area contributed by atoms with Gasteiger partial charge in [-0.05, 0) is 55.6 Å². The summed E-state index contributed by atoms with van der Waals surface area (Å²) in [5.74, 6) is -1.57. The number of hydrogen-bond donors (Lipinski definition) is 0. The summed E-state index contributed by atoms with van der Waals surface area (Å²) in [6, 6.07) is 0. The van der Waals surface area contributed by atoms with E-state index >= 15 is 0 Å². The highest BCUT2D eigenvalue weighted by Crippen LogP contribution is 2.70. The van der Waals surface area contributed by atoms with Gasteiger partial charge >= 0.3 is 11.9 Å². The highest BCUT2D eigenvalue weighted by molar-refractivity contribution is 6.21. The van der Waals surface area contributed by atoms with Crippen molar-refractivity contribution in [1.82, 2.24) is 0 Å². The van der Waals surface area contributed by atoms with E-state index in [0.717, 1.165) is 24.8 Å². The molecule has 0 unspecified atom stereocenters. The molecule has 0 aromatic carbocycles. The van der Waals surface area contributed by atoms with E-state index in [-0.39, 0.29) is 46.0 Å². The number of halogens is 1. The molecule has 4 aliphatic rings. The standard InChI is InChI=1S/C28H37ClO6/c1-15(2)25(33)35-28(23(32)14-34-17(4)30)16(3)11-21-20-8-7-18-12-19(31)9-10-26(18,5)24(20)22(29)13-27(21,28)6/h9-10,12,15-16,20-22,24H,7-8,11,13-14H2,1-6H3/t16-,20-,21-,22-,24+,26-,27-,28-/m0/s1. The van der Waals surface area contributed by atoms with Crippen molar-refractivity contribution in [3.63, 3.8) is 0 Å². The number of rotatable bonds is 5. The van der Waals surface area contributed by atoms with Gasteiger partial charge < -0.3 is 9.47 Å². The fraction of sp³-hybridized carbons (Fsp3) is 0.714. The molecule has 192 valence electrons. The van der Waals surface area contributed by atoms with Crippen molar-refractivity contribution in [2.24, 2.45) is 40.4 Å². The van der Waals surface area contributed by atoms with Crippen molar-refractivity contribution in [2.75, 3.05) is 6.61 Å². The lowest BCUT2D eigenvalue weighted by Gasteiger charge is -2.60. The van der Waals surface area contributed by atoms with Gasteiger partial charge in [0, 0.05) is 29.0 Å². The average Bonchev–Trinajstić information content (AvgIpc) is 2.99. The van der Waals surface area contributed by atoms with Crippen LogP contribution in [0.4, 0.5) is 0 Å². The van der Waals surface area contributed by atoms with Crippen LogP contribution in [0, 0.1) is 40.4 Å². The molecular formula is C28H37ClO6. The summed E-state index contributed by atoms with van der Waals surface area (Å²) < 4.78 is 11.3. The molecule has 0 amide bonds. The highest BCUT2D eigenvalue weighted by atomic mass is 35.5. The molecule has 0 N–H and O–H groups in total. The van der Waals surface area contributed by atoms with Gasteiger partial charge in [-0.25, -0.2) is 0 Å². The second kappa shape index (κ2) is 8.86. The normalized spacial score (nSPS) is 42.0. The minimum atomic E-state index is -1.41. The van der Waals surface area contributed by atoms with Crippen molar-refractivity contribution in [1.29, 1.82) is 0 Å². The van der Waals surface area contributed by atoms with Crippen LogP contribution in [0.1, 0.15) is 67.2 Å². The lowest BCUT2D eigenvalue weighted by atomic mass is 9.47. The van der Waals surface area contributed by atoms with E-state index in [1.807, 2.05) is 19.9 Å². The Morgan fingerprint density at radius 3 is 2.54 bits per heavy atom. The van der Waals surface area contributed by atoms with Gasteiger partial charge in [-0.15, -0.1) is 11.6 Å². The van der Waals surface area contributed by atoms with E-state index in [2.05, 4.69) is 6.92 Å². The smallest absolute Gasteiger partial charge is 0.309 e. The fourth-order valence-electron chi connectivity index (χ4n) is 7.99. The van der Waals surface area contributed by atoms with Crippen LogP contribution >= 0.6 is 11.6 Å². The van der Waals surface area contributed by atoms with Crippen LogP contribution in [0.15, 0.2) is 23.8 Å². The molecular weight excluding hydrogens is 468 g/mol. The Kier molecular flexibility index (Phi) is 6.61. The Bertz CT molecular complexity index is 1010. The van der Waals surface area contributed by atoms with Crippen LogP contribution in [0.5, 0.6) is 0 Å². The zero-order valence-corrected chi connectivity index (χ0v) is 22.3. The first-order chi connectivity index (χ1) is 16.3. The molecule has 0 spiro atoms. The molecule has 35 heavy (non-hydrogen) atoms. The molecule has 0 aromatic heterocycles. The van der Waals surface area contributed by atoms with Crippen LogP contribution in [0.3, 0.4) is 0 Å². The van der Waals surface area contributed by atoms with Crippen molar-refractivity contribution in [3.05, 3.63) is 23.8 Å². The number of allylic oxidation sites excluding steroid dienone is 4. The summed E-state index contributed by atoms with van der Waals surface area (Å²) >= 11 is 7.22. The van der Waals surface area contributed by atoms with Crippen LogP contribution in [0.2, 0.25) is 0 Å². The molecule has 0 radical (unpaired) electrons. The van der Waals surface area contributed by atoms with Crippen molar-refractivity contribution < 1.29 is 28.7 Å². The topological polar surface area (TPSA) is 86.7 Å². The molecule has 6 nitrogen and oxygen atoms in total. The molecule has 0 aromatic rings. The van der Waals surface area contributed by atoms with Gasteiger partial charge in [-0.2, -0.15) is 0 Å². The van der Waals surface area contributed by atoms with Gasteiger partial charge in [0.25, 0.3) is 0 Å². The summed E-state index contributed by atoms with van der Waals surface area (Å²) in [4.78, 5) is 50.4.